The van der Waals surface area contributed by atoms with E-state index < -0.39 is 179 Å². The molecular weight excluding hydrogens is 1030 g/mol. The number of nitrogens with one attached hydrogen (secondary N) is 4. The summed E-state index contributed by atoms with van der Waals surface area (Å²) >= 11 is 0. The first-order valence-corrected chi connectivity index (χ1v) is 28.5. The number of hydrogen-bond acceptors (Lipinski definition) is 14. The van der Waals surface area contributed by atoms with Crippen LogP contribution in [0.2, 0.25) is 0 Å². The fourth-order valence-corrected chi connectivity index (χ4v) is 9.52. The number of likely N-dealkylation sites (N-methyl/N-ethyl adjacent to an activating group) is 2. The van der Waals surface area contributed by atoms with Crippen molar-refractivity contribution < 1.29 is 66.9 Å². The first-order valence-electron chi connectivity index (χ1n) is 28.5. The van der Waals surface area contributed by atoms with Gasteiger partial charge in [-0.05, 0) is 61.2 Å². The summed E-state index contributed by atoms with van der Waals surface area (Å²) < 4.78 is 23.5. The molecule has 1 aliphatic rings. The van der Waals surface area contributed by atoms with Crippen LogP contribution in [-0.4, -0.2) is 144 Å². The SMILES string of the molecule is C#CCCC[C@@H]1NC(=O)C(C(C)C)NC(=O)[C@@H](C(C)C)OC(=O)[C@@H](C(C)C)OC(=O)[C@@H](C(C)C)N(C)C(=O)[C@H](C)[C@@H](CCCC#C)NC(=O)[C@@H](C(C)C)NC(=O)[C@@H](C(C)C)OC(=O)[C@@H](C(C)C)OC(=O)[C@@H](C(C)C)N(C)C(=O)[C@H]1C. The van der Waals surface area contributed by atoms with Gasteiger partial charge in [0.2, 0.25) is 35.8 Å². The lowest BCUT2D eigenvalue weighted by atomic mass is 9.92. The van der Waals surface area contributed by atoms with E-state index in [0.29, 0.717) is 25.7 Å². The minimum atomic E-state index is -1.55. The Morgan fingerprint density at radius 1 is 0.400 bits per heavy atom. The number of nitrogens with zero attached hydrogens (tertiary/aromatic N) is 2. The Hall–Kier alpha value is -6.18. The van der Waals surface area contributed by atoms with Crippen LogP contribution in [-0.2, 0) is 66.9 Å². The molecular formula is C60H98N6O14. The molecule has 1 aliphatic heterocycles. The second kappa shape index (κ2) is 33.5. The van der Waals surface area contributed by atoms with Crippen molar-refractivity contribution in [1.29, 1.82) is 0 Å². The van der Waals surface area contributed by atoms with E-state index in [4.69, 9.17) is 31.8 Å². The Balaban J connectivity index is 4.19. The van der Waals surface area contributed by atoms with Gasteiger partial charge in [-0.3, -0.25) is 28.8 Å². The highest BCUT2D eigenvalue weighted by Crippen LogP contribution is 2.25. The molecule has 1 rings (SSSR count). The van der Waals surface area contributed by atoms with Gasteiger partial charge in [0.05, 0.1) is 11.8 Å². The van der Waals surface area contributed by atoms with Crippen LogP contribution >= 0.6 is 0 Å². The number of carbonyl (C=O) groups excluding carboxylic acids is 10. The van der Waals surface area contributed by atoms with Crippen LogP contribution < -0.4 is 21.3 Å². The molecule has 452 valence electrons. The molecule has 6 amide bonds. The van der Waals surface area contributed by atoms with Gasteiger partial charge < -0.3 is 50.0 Å². The van der Waals surface area contributed by atoms with Crippen LogP contribution in [0.3, 0.4) is 0 Å². The van der Waals surface area contributed by atoms with Crippen molar-refractivity contribution in [2.24, 2.45) is 59.2 Å². The number of terminal acetylenes is 2. The average Bonchev–Trinajstić information content (AvgIpc) is 3.35. The van der Waals surface area contributed by atoms with Crippen molar-refractivity contribution in [1.82, 2.24) is 31.1 Å². The Kier molecular flexibility index (Phi) is 30.1. The second-order valence-electron chi connectivity index (χ2n) is 24.1. The average molecular weight is 1130 g/mol. The van der Waals surface area contributed by atoms with Crippen LogP contribution in [0.5, 0.6) is 0 Å². The molecule has 0 spiro atoms. The monoisotopic (exact) mass is 1130 g/mol. The minimum Gasteiger partial charge on any atom is -0.449 e. The fraction of sp³-hybridized carbons (Fsp3) is 0.767. The molecule has 1 unspecified atom stereocenters. The summed E-state index contributed by atoms with van der Waals surface area (Å²) in [6.07, 6.45) is 6.96. The lowest BCUT2D eigenvalue weighted by Crippen LogP contribution is -2.58. The zero-order chi connectivity index (χ0) is 61.8. The summed E-state index contributed by atoms with van der Waals surface area (Å²) in [5, 5.41) is 11.4. The molecule has 0 radical (unpaired) electrons. The van der Waals surface area contributed by atoms with Crippen LogP contribution in [0.1, 0.15) is 163 Å². The zero-order valence-corrected chi connectivity index (χ0v) is 51.6. The molecule has 1 heterocycles. The van der Waals surface area contributed by atoms with Crippen LogP contribution in [0.15, 0.2) is 0 Å². The van der Waals surface area contributed by atoms with Crippen LogP contribution in [0.25, 0.3) is 0 Å². The van der Waals surface area contributed by atoms with Crippen molar-refractivity contribution in [3.63, 3.8) is 0 Å². The molecule has 4 N–H and O–H groups in total. The lowest BCUT2D eigenvalue weighted by molar-refractivity contribution is -0.182. The topological polar surface area (TPSA) is 262 Å². The number of cyclic esters (lactones) is 4. The number of hydrogen-bond donors (Lipinski definition) is 4. The van der Waals surface area contributed by atoms with Crippen molar-refractivity contribution in [2.75, 3.05) is 14.1 Å². The van der Waals surface area contributed by atoms with E-state index in [1.807, 2.05) is 0 Å². The second-order valence-corrected chi connectivity index (χ2v) is 24.1. The fourth-order valence-electron chi connectivity index (χ4n) is 9.52. The molecule has 0 aromatic carbocycles. The molecule has 80 heavy (non-hydrogen) atoms. The molecule has 12 atom stereocenters. The van der Waals surface area contributed by atoms with Gasteiger partial charge in [-0.25, -0.2) is 19.2 Å². The van der Waals surface area contributed by atoms with Crippen molar-refractivity contribution in [3.05, 3.63) is 0 Å². The molecule has 0 aliphatic carbocycles. The Labute approximate surface area is 477 Å². The van der Waals surface area contributed by atoms with E-state index in [-0.39, 0.29) is 12.8 Å². The Bertz CT molecular complexity index is 2060. The third-order valence-corrected chi connectivity index (χ3v) is 14.5. The minimum absolute atomic E-state index is 0.219. The summed E-state index contributed by atoms with van der Waals surface area (Å²) in [7, 11) is 2.82. The van der Waals surface area contributed by atoms with Gasteiger partial charge in [0.1, 0.15) is 24.2 Å². The Morgan fingerprint density at radius 2 is 0.675 bits per heavy atom. The number of carbonyl (C=O) groups is 10. The molecule has 0 bridgehead atoms. The quantitative estimate of drug-likeness (QED) is 0.0738. The normalized spacial score (nSPS) is 27.9. The van der Waals surface area contributed by atoms with Gasteiger partial charge in [0.15, 0.2) is 12.2 Å². The van der Waals surface area contributed by atoms with Crippen molar-refractivity contribution >= 4 is 59.3 Å². The van der Waals surface area contributed by atoms with Crippen LogP contribution in [0.4, 0.5) is 0 Å². The summed E-state index contributed by atoms with van der Waals surface area (Å²) in [6.45, 7) is 29.7. The summed E-state index contributed by atoms with van der Waals surface area (Å²) in [6, 6.07) is -6.72. The van der Waals surface area contributed by atoms with Gasteiger partial charge in [0.25, 0.3) is 11.8 Å². The molecule has 1 fully saturated rings. The van der Waals surface area contributed by atoms with Gasteiger partial charge >= 0.3 is 23.9 Å². The van der Waals surface area contributed by atoms with E-state index in [1.165, 1.54) is 23.9 Å². The highest BCUT2D eigenvalue weighted by molar-refractivity contribution is 5.94. The maximum absolute atomic E-state index is 14.5. The summed E-state index contributed by atoms with van der Waals surface area (Å²) in [5.41, 5.74) is 0. The van der Waals surface area contributed by atoms with Crippen molar-refractivity contribution in [3.8, 4) is 24.7 Å². The molecule has 20 heteroatoms. The van der Waals surface area contributed by atoms with E-state index in [1.54, 1.807) is 125 Å². The van der Waals surface area contributed by atoms with Crippen LogP contribution in [0, 0.1) is 83.9 Å². The first-order chi connectivity index (χ1) is 37.1. The van der Waals surface area contributed by atoms with Gasteiger partial charge in [-0.2, -0.15) is 0 Å². The number of ether oxygens (including phenoxy) is 4. The largest absolute Gasteiger partial charge is 0.449 e. The summed E-state index contributed by atoms with van der Waals surface area (Å²) in [5.74, 6) is -9.78. The molecule has 0 saturated carbocycles. The Morgan fingerprint density at radius 3 is 0.912 bits per heavy atom. The lowest BCUT2D eigenvalue weighted by Gasteiger charge is -2.36. The number of unbranched alkanes of at least 4 members (excludes halogenated alkanes) is 2. The van der Waals surface area contributed by atoms with E-state index >= 15 is 0 Å². The first kappa shape index (κ1) is 71.8. The predicted molar refractivity (Wildman–Crippen MR) is 303 cm³/mol. The van der Waals surface area contributed by atoms with E-state index in [9.17, 15) is 47.9 Å². The molecule has 0 aromatic heterocycles. The van der Waals surface area contributed by atoms with Gasteiger partial charge in [0, 0.05) is 50.9 Å². The predicted octanol–water partition coefficient (Wildman–Crippen LogP) is 5.37. The number of rotatable bonds is 14. The highest BCUT2D eigenvalue weighted by Gasteiger charge is 2.44. The number of esters is 4. The van der Waals surface area contributed by atoms with E-state index in [2.05, 4.69) is 33.1 Å². The molecule has 20 nitrogen and oxygen atoms in total. The highest BCUT2D eigenvalue weighted by atomic mass is 16.6. The maximum Gasteiger partial charge on any atom is 0.348 e. The van der Waals surface area contributed by atoms with E-state index in [0.717, 1.165) is 0 Å². The third-order valence-electron chi connectivity index (χ3n) is 14.5. The molecule has 1 saturated heterocycles. The zero-order valence-electron chi connectivity index (χ0n) is 51.6. The maximum atomic E-state index is 14.5. The van der Waals surface area contributed by atoms with Gasteiger partial charge in [-0.1, -0.05) is 125 Å². The summed E-state index contributed by atoms with van der Waals surface area (Å²) in [4.78, 5) is 146. The van der Waals surface area contributed by atoms with Gasteiger partial charge in [-0.15, -0.1) is 24.7 Å². The third kappa shape index (κ3) is 20.7. The smallest absolute Gasteiger partial charge is 0.348 e. The number of amides is 6. The molecule has 0 aromatic rings. The standard InChI is InChI=1S/C60H98N6O14/c1-23-25-27-29-41-39(19)55(71)65(21)45(33(7)8)57(73)79-49(37(15)16)59(75)78-48(36(13)14)54(70)64-44(32(5)6)52(68)62-42(30-28-26-24-2)40(20)56(72)66(22)46(34(9)10)58(74)80-50(38(17)18)60(76)77-47(35(11)12)53(69)63-43(31(3)4)51(67)61-41/h1-2,31-50H,25-30H2,3-22H3,(H,61,67)(H,62,68)(H,63,69)(H,64,70)/t39-,40+,41-,42+,43-,44?,45-,46-,47-,48-,49-,50-/m1/s1. The van der Waals surface area contributed by atoms with Crippen molar-refractivity contribution in [2.45, 2.75) is 224 Å².